The molecule has 0 fully saturated rings. The molecule has 0 radical (unpaired) electrons. The number of allylic oxidation sites excluding steroid dienone is 1. The maximum absolute atomic E-state index is 11.0. The topological polar surface area (TPSA) is 60.2 Å². The van der Waals surface area contributed by atoms with E-state index in [1.165, 1.54) is 0 Å². The van der Waals surface area contributed by atoms with Gasteiger partial charge in [0.15, 0.2) is 0 Å². The van der Waals surface area contributed by atoms with E-state index in [2.05, 4.69) is 0 Å². The van der Waals surface area contributed by atoms with Gasteiger partial charge >= 0.3 is 0 Å². The monoisotopic (exact) mass is 233 g/mol. The van der Waals surface area contributed by atoms with Gasteiger partial charge in [-0.1, -0.05) is 43.3 Å². The molecule has 1 aromatic carbocycles. The first-order chi connectivity index (χ1) is 8.19. The van der Waals surface area contributed by atoms with E-state index in [0.29, 0.717) is 18.3 Å². The minimum Gasteiger partial charge on any atom is -0.298 e. The highest BCUT2D eigenvalue weighted by atomic mass is 16.6. The van der Waals surface area contributed by atoms with Crippen LogP contribution < -0.4 is 0 Å². The zero-order chi connectivity index (χ0) is 12.7. The van der Waals surface area contributed by atoms with Crippen molar-refractivity contribution in [2.24, 2.45) is 0 Å². The van der Waals surface area contributed by atoms with Gasteiger partial charge in [-0.15, -0.1) is 0 Å². The third-order valence-corrected chi connectivity index (χ3v) is 2.51. The largest absolute Gasteiger partial charge is 0.298 e. The number of rotatable bonds is 6. The second-order valence-corrected chi connectivity index (χ2v) is 3.71. The van der Waals surface area contributed by atoms with E-state index < -0.39 is 5.92 Å². The zero-order valence-corrected chi connectivity index (χ0v) is 9.70. The highest BCUT2D eigenvalue weighted by Crippen LogP contribution is 2.23. The average Bonchev–Trinajstić information content (AvgIpc) is 2.34. The Morgan fingerprint density at radius 2 is 2.06 bits per heavy atom. The molecular formula is C13H15NO3. The van der Waals surface area contributed by atoms with Crippen LogP contribution in [0.2, 0.25) is 0 Å². The Morgan fingerprint density at radius 1 is 1.41 bits per heavy atom. The highest BCUT2D eigenvalue weighted by Gasteiger charge is 2.21. The fourth-order valence-electron chi connectivity index (χ4n) is 1.75. The maximum Gasteiger partial charge on any atom is 0.214 e. The van der Waals surface area contributed by atoms with Crippen LogP contribution in [0.3, 0.4) is 0 Å². The first-order valence-electron chi connectivity index (χ1n) is 5.51. The quantitative estimate of drug-likeness (QED) is 0.328. The molecule has 90 valence electrons. The molecule has 1 aromatic rings. The summed E-state index contributed by atoms with van der Waals surface area (Å²) in [6.07, 6.45) is 3.15. The fraction of sp³-hybridized carbons (Fsp3) is 0.308. The lowest BCUT2D eigenvalue weighted by atomic mass is 9.91. The Labute approximate surface area is 100 Å². The van der Waals surface area contributed by atoms with Gasteiger partial charge in [-0.05, 0) is 12.0 Å². The summed E-state index contributed by atoms with van der Waals surface area (Å²) in [4.78, 5) is 21.3. The third kappa shape index (κ3) is 3.83. The van der Waals surface area contributed by atoms with Crippen molar-refractivity contribution < 1.29 is 9.72 Å². The van der Waals surface area contributed by atoms with Crippen LogP contribution in [0.4, 0.5) is 0 Å². The molecule has 4 nitrogen and oxygen atoms in total. The van der Waals surface area contributed by atoms with Crippen LogP contribution >= 0.6 is 0 Å². The van der Waals surface area contributed by atoms with E-state index in [9.17, 15) is 14.9 Å². The first-order valence-corrected chi connectivity index (χ1v) is 5.51. The van der Waals surface area contributed by atoms with Crippen molar-refractivity contribution in [3.05, 3.63) is 57.7 Å². The van der Waals surface area contributed by atoms with E-state index >= 15 is 0 Å². The van der Waals surface area contributed by atoms with Gasteiger partial charge in [-0.25, -0.2) is 0 Å². The SMILES string of the molecule is CC/C=C(/C=O)C(C[N+](=O)[O-])c1ccccc1. The predicted octanol–water partition coefficient (Wildman–Crippen LogP) is 2.58. The summed E-state index contributed by atoms with van der Waals surface area (Å²) < 4.78 is 0. The molecule has 1 atom stereocenters. The van der Waals surface area contributed by atoms with Crippen molar-refractivity contribution >= 4 is 6.29 Å². The lowest BCUT2D eigenvalue weighted by Crippen LogP contribution is -2.15. The molecule has 4 heteroatoms. The van der Waals surface area contributed by atoms with Crippen LogP contribution in [-0.4, -0.2) is 17.8 Å². The normalized spacial score (nSPS) is 13.1. The Hall–Kier alpha value is -1.97. The second kappa shape index (κ2) is 6.58. The van der Waals surface area contributed by atoms with E-state index in [4.69, 9.17) is 0 Å². The Bertz CT molecular complexity index is 412. The molecule has 0 aliphatic carbocycles. The van der Waals surface area contributed by atoms with Crippen LogP contribution in [-0.2, 0) is 4.79 Å². The van der Waals surface area contributed by atoms with Crippen molar-refractivity contribution in [3.8, 4) is 0 Å². The molecule has 0 aliphatic heterocycles. The van der Waals surface area contributed by atoms with Crippen molar-refractivity contribution in [1.29, 1.82) is 0 Å². The van der Waals surface area contributed by atoms with Crippen LogP contribution in [0.1, 0.15) is 24.8 Å². The summed E-state index contributed by atoms with van der Waals surface area (Å²) in [5.41, 5.74) is 1.28. The number of nitrogens with zero attached hydrogens (tertiary/aromatic N) is 1. The number of carbonyl (C=O) groups is 1. The molecule has 1 rings (SSSR count). The summed E-state index contributed by atoms with van der Waals surface area (Å²) in [5, 5.41) is 10.7. The second-order valence-electron chi connectivity index (χ2n) is 3.71. The average molecular weight is 233 g/mol. The number of benzene rings is 1. The smallest absolute Gasteiger partial charge is 0.214 e. The van der Waals surface area contributed by atoms with Gasteiger partial charge in [0.1, 0.15) is 6.29 Å². The van der Waals surface area contributed by atoms with Crippen molar-refractivity contribution in [2.75, 3.05) is 6.54 Å². The van der Waals surface area contributed by atoms with E-state index in [1.54, 1.807) is 18.2 Å². The van der Waals surface area contributed by atoms with Gasteiger partial charge in [0.05, 0.1) is 5.92 Å². The lowest BCUT2D eigenvalue weighted by Gasteiger charge is -2.13. The maximum atomic E-state index is 11.0. The molecule has 0 saturated heterocycles. The molecule has 17 heavy (non-hydrogen) atoms. The Balaban J connectivity index is 3.07. The van der Waals surface area contributed by atoms with E-state index in [-0.39, 0.29) is 11.5 Å². The van der Waals surface area contributed by atoms with Gasteiger partial charge in [-0.3, -0.25) is 14.9 Å². The molecule has 0 amide bonds. The number of hydrogen-bond acceptors (Lipinski definition) is 3. The molecule has 0 bridgehead atoms. The summed E-state index contributed by atoms with van der Waals surface area (Å²) in [6, 6.07) is 9.09. The first kappa shape index (κ1) is 13.1. The molecule has 0 aliphatic rings. The number of aldehydes is 1. The van der Waals surface area contributed by atoms with Crippen LogP contribution in [0, 0.1) is 10.1 Å². The third-order valence-electron chi connectivity index (χ3n) is 2.51. The van der Waals surface area contributed by atoms with Crippen molar-refractivity contribution in [1.82, 2.24) is 0 Å². The van der Waals surface area contributed by atoms with E-state index in [0.717, 1.165) is 5.56 Å². The van der Waals surface area contributed by atoms with Gasteiger partial charge in [0.25, 0.3) is 0 Å². The summed E-state index contributed by atoms with van der Waals surface area (Å²) >= 11 is 0. The standard InChI is InChI=1S/C13H15NO3/c1-2-6-12(10-15)13(9-14(16)17)11-7-4-3-5-8-11/h3-8,10,13H,2,9H2,1H3/b12-6-. The predicted molar refractivity (Wildman–Crippen MR) is 65.5 cm³/mol. The van der Waals surface area contributed by atoms with Gasteiger partial charge in [0.2, 0.25) is 6.54 Å². The Kier molecular flexibility index (Phi) is 5.07. The van der Waals surface area contributed by atoms with Gasteiger partial charge < -0.3 is 0 Å². The summed E-state index contributed by atoms with van der Waals surface area (Å²) in [5.74, 6) is -0.455. The highest BCUT2D eigenvalue weighted by molar-refractivity contribution is 5.76. The number of carbonyl (C=O) groups excluding carboxylic acids is 1. The fourth-order valence-corrected chi connectivity index (χ4v) is 1.75. The minimum absolute atomic E-state index is 0.255. The molecule has 0 spiro atoms. The molecule has 1 unspecified atom stereocenters. The molecule has 0 N–H and O–H groups in total. The zero-order valence-electron chi connectivity index (χ0n) is 9.70. The van der Waals surface area contributed by atoms with E-state index in [1.807, 2.05) is 25.1 Å². The minimum atomic E-state index is -0.455. The molecule has 0 saturated carbocycles. The summed E-state index contributed by atoms with van der Waals surface area (Å²) in [7, 11) is 0. The van der Waals surface area contributed by atoms with Crippen LogP contribution in [0.5, 0.6) is 0 Å². The summed E-state index contributed by atoms with van der Waals surface area (Å²) in [6.45, 7) is 1.65. The Morgan fingerprint density at radius 3 is 2.53 bits per heavy atom. The van der Waals surface area contributed by atoms with Gasteiger partial charge in [-0.2, -0.15) is 0 Å². The number of nitro groups is 1. The van der Waals surface area contributed by atoms with Crippen LogP contribution in [0.25, 0.3) is 0 Å². The van der Waals surface area contributed by atoms with Crippen LogP contribution in [0.15, 0.2) is 42.0 Å². The molecule has 0 aromatic heterocycles. The molecule has 0 heterocycles. The van der Waals surface area contributed by atoms with Crippen molar-refractivity contribution in [2.45, 2.75) is 19.3 Å². The van der Waals surface area contributed by atoms with Gasteiger partial charge in [0, 0.05) is 10.5 Å². The number of hydrogen-bond donors (Lipinski definition) is 0. The van der Waals surface area contributed by atoms with Crippen molar-refractivity contribution in [3.63, 3.8) is 0 Å². The molecular weight excluding hydrogens is 218 g/mol. The lowest BCUT2D eigenvalue weighted by molar-refractivity contribution is -0.481.